The highest BCUT2D eigenvalue weighted by Gasteiger charge is 2.17. The summed E-state index contributed by atoms with van der Waals surface area (Å²) < 4.78 is 5.25. The lowest BCUT2D eigenvalue weighted by atomic mass is 10.2. The minimum atomic E-state index is -0.503. The predicted molar refractivity (Wildman–Crippen MR) is 70.7 cm³/mol. The largest absolute Gasteiger partial charge is 0.487 e. The molecule has 0 unspecified atom stereocenters. The van der Waals surface area contributed by atoms with E-state index in [0.29, 0.717) is 25.4 Å². The van der Waals surface area contributed by atoms with Gasteiger partial charge in [0.25, 0.3) is 0 Å². The van der Waals surface area contributed by atoms with Crippen molar-refractivity contribution in [2.45, 2.75) is 6.92 Å². The number of nitro benzene ring substituents is 1. The maximum atomic E-state index is 10.9. The molecule has 1 aromatic rings. The number of rotatable bonds is 8. The lowest BCUT2D eigenvalue weighted by molar-refractivity contribution is -0.385. The Balaban J connectivity index is 3.07. The van der Waals surface area contributed by atoms with Gasteiger partial charge in [-0.2, -0.15) is 0 Å². The fourth-order valence-electron chi connectivity index (χ4n) is 1.73. The summed E-state index contributed by atoms with van der Waals surface area (Å²) in [5, 5.41) is 28.8. The van der Waals surface area contributed by atoms with Crippen LogP contribution in [0.25, 0.3) is 0 Å². The maximum absolute atomic E-state index is 10.9. The summed E-state index contributed by atoms with van der Waals surface area (Å²) in [5.74, 6) is 0.186. The van der Waals surface area contributed by atoms with E-state index in [0.717, 1.165) is 0 Å². The quantitative estimate of drug-likeness (QED) is 0.535. The van der Waals surface area contributed by atoms with Gasteiger partial charge in [0.15, 0.2) is 5.75 Å². The first kappa shape index (κ1) is 15.2. The molecule has 7 nitrogen and oxygen atoms in total. The van der Waals surface area contributed by atoms with E-state index in [4.69, 9.17) is 14.9 Å². The Labute approximate surface area is 111 Å². The van der Waals surface area contributed by atoms with Crippen LogP contribution in [-0.4, -0.2) is 48.0 Å². The Morgan fingerprint density at radius 2 is 1.95 bits per heavy atom. The molecule has 0 aliphatic carbocycles. The third-order valence-corrected chi connectivity index (χ3v) is 2.54. The van der Waals surface area contributed by atoms with E-state index in [-0.39, 0.29) is 24.7 Å². The monoisotopic (exact) mass is 270 g/mol. The molecule has 1 aromatic carbocycles. The molecule has 0 heterocycles. The second-order valence-electron chi connectivity index (χ2n) is 3.78. The average molecular weight is 270 g/mol. The summed E-state index contributed by atoms with van der Waals surface area (Å²) >= 11 is 0. The highest BCUT2D eigenvalue weighted by atomic mass is 16.6. The molecule has 0 radical (unpaired) electrons. The summed E-state index contributed by atoms with van der Waals surface area (Å²) in [6, 6.07) is 4.49. The van der Waals surface area contributed by atoms with Crippen molar-refractivity contribution in [3.63, 3.8) is 0 Å². The van der Waals surface area contributed by atoms with Gasteiger partial charge in [-0.3, -0.25) is 10.1 Å². The zero-order valence-corrected chi connectivity index (χ0v) is 10.8. The molecule has 0 fully saturated rings. The van der Waals surface area contributed by atoms with Crippen molar-refractivity contribution in [2.24, 2.45) is 0 Å². The number of aliphatic hydroxyl groups excluding tert-OH is 2. The Hall–Kier alpha value is -1.86. The van der Waals surface area contributed by atoms with Crippen LogP contribution in [0.5, 0.6) is 5.75 Å². The standard InChI is InChI=1S/C12H18N2O5/c1-2-19-12-9-10(3-4-11(12)14(17)18)13(5-7-15)6-8-16/h3-4,9,15-16H,2,5-8H2,1H3. The average Bonchev–Trinajstić information content (AvgIpc) is 2.38. The zero-order chi connectivity index (χ0) is 14.3. The van der Waals surface area contributed by atoms with Gasteiger partial charge in [-0.15, -0.1) is 0 Å². The number of benzene rings is 1. The summed E-state index contributed by atoms with van der Waals surface area (Å²) in [7, 11) is 0. The topological polar surface area (TPSA) is 96.1 Å². The van der Waals surface area contributed by atoms with E-state index in [1.165, 1.54) is 6.07 Å². The third-order valence-electron chi connectivity index (χ3n) is 2.54. The highest BCUT2D eigenvalue weighted by Crippen LogP contribution is 2.31. The highest BCUT2D eigenvalue weighted by molar-refractivity contribution is 5.59. The van der Waals surface area contributed by atoms with E-state index in [2.05, 4.69) is 0 Å². The molecule has 1 rings (SSSR count). The number of ether oxygens (including phenoxy) is 1. The van der Waals surface area contributed by atoms with Crippen molar-refractivity contribution < 1.29 is 19.9 Å². The lowest BCUT2D eigenvalue weighted by Gasteiger charge is -2.23. The summed E-state index contributed by atoms with van der Waals surface area (Å²) in [6.45, 7) is 2.61. The van der Waals surface area contributed by atoms with E-state index >= 15 is 0 Å². The summed E-state index contributed by atoms with van der Waals surface area (Å²) in [6.07, 6.45) is 0. The number of nitro groups is 1. The van der Waals surface area contributed by atoms with Gasteiger partial charge in [0.05, 0.1) is 24.7 Å². The van der Waals surface area contributed by atoms with Crippen LogP contribution >= 0.6 is 0 Å². The van der Waals surface area contributed by atoms with Gasteiger partial charge in [0.1, 0.15) is 0 Å². The SMILES string of the molecule is CCOc1cc(N(CCO)CCO)ccc1[N+](=O)[O-]. The predicted octanol–water partition coefficient (Wildman–Crippen LogP) is 0.784. The fraction of sp³-hybridized carbons (Fsp3) is 0.500. The Kier molecular flexibility index (Phi) is 6.04. The van der Waals surface area contributed by atoms with Crippen LogP contribution in [-0.2, 0) is 0 Å². The molecule has 106 valence electrons. The molecule has 0 amide bonds. The molecule has 0 saturated carbocycles. The minimum Gasteiger partial charge on any atom is -0.487 e. The van der Waals surface area contributed by atoms with Crippen LogP contribution in [0, 0.1) is 10.1 Å². The number of anilines is 1. The number of aliphatic hydroxyl groups is 2. The van der Waals surface area contributed by atoms with Crippen LogP contribution in [0.4, 0.5) is 11.4 Å². The lowest BCUT2D eigenvalue weighted by Crippen LogP contribution is -2.29. The van der Waals surface area contributed by atoms with Gasteiger partial charge in [-0.05, 0) is 13.0 Å². The van der Waals surface area contributed by atoms with Crippen molar-refractivity contribution in [1.29, 1.82) is 0 Å². The smallest absolute Gasteiger partial charge is 0.311 e. The van der Waals surface area contributed by atoms with Gasteiger partial charge in [0, 0.05) is 30.9 Å². The summed E-state index contributed by atoms with van der Waals surface area (Å²) in [5.41, 5.74) is 0.565. The molecule has 0 bridgehead atoms. The van der Waals surface area contributed by atoms with Crippen LogP contribution < -0.4 is 9.64 Å². The van der Waals surface area contributed by atoms with Gasteiger partial charge < -0.3 is 19.8 Å². The van der Waals surface area contributed by atoms with Crippen LogP contribution in [0.1, 0.15) is 6.92 Å². The molecule has 0 atom stereocenters. The second kappa shape index (κ2) is 7.55. The first-order valence-corrected chi connectivity index (χ1v) is 6.02. The number of hydrogen-bond acceptors (Lipinski definition) is 6. The van der Waals surface area contributed by atoms with Gasteiger partial charge in [0.2, 0.25) is 0 Å². The van der Waals surface area contributed by atoms with Gasteiger partial charge in [-0.25, -0.2) is 0 Å². The van der Waals surface area contributed by atoms with E-state index in [1.807, 2.05) is 0 Å². The maximum Gasteiger partial charge on any atom is 0.311 e. The van der Waals surface area contributed by atoms with Crippen LogP contribution in [0.15, 0.2) is 18.2 Å². The molecule has 0 spiro atoms. The van der Waals surface area contributed by atoms with Crippen molar-refractivity contribution in [2.75, 3.05) is 37.8 Å². The number of nitrogens with zero attached hydrogens (tertiary/aromatic N) is 2. The minimum absolute atomic E-state index is 0.0685. The number of hydrogen-bond donors (Lipinski definition) is 2. The van der Waals surface area contributed by atoms with Crippen molar-refractivity contribution in [3.05, 3.63) is 28.3 Å². The van der Waals surface area contributed by atoms with Crippen molar-refractivity contribution >= 4 is 11.4 Å². The van der Waals surface area contributed by atoms with Crippen molar-refractivity contribution in [1.82, 2.24) is 0 Å². The molecular weight excluding hydrogens is 252 g/mol. The third kappa shape index (κ3) is 4.08. The normalized spacial score (nSPS) is 10.3. The van der Waals surface area contributed by atoms with E-state index in [1.54, 1.807) is 24.0 Å². The molecule has 0 aliphatic rings. The summed E-state index contributed by atoms with van der Waals surface area (Å²) in [4.78, 5) is 12.1. The second-order valence-corrected chi connectivity index (χ2v) is 3.78. The van der Waals surface area contributed by atoms with Crippen LogP contribution in [0.2, 0.25) is 0 Å². The van der Waals surface area contributed by atoms with Crippen LogP contribution in [0.3, 0.4) is 0 Å². The molecule has 0 aromatic heterocycles. The van der Waals surface area contributed by atoms with Gasteiger partial charge in [-0.1, -0.05) is 0 Å². The molecule has 0 saturated heterocycles. The fourth-order valence-corrected chi connectivity index (χ4v) is 1.73. The zero-order valence-electron chi connectivity index (χ0n) is 10.8. The molecular formula is C12H18N2O5. The molecule has 0 aliphatic heterocycles. The Morgan fingerprint density at radius 1 is 1.32 bits per heavy atom. The first-order chi connectivity index (χ1) is 9.13. The first-order valence-electron chi connectivity index (χ1n) is 6.02. The van der Waals surface area contributed by atoms with Crippen molar-refractivity contribution in [3.8, 4) is 5.75 Å². The molecule has 7 heteroatoms. The Morgan fingerprint density at radius 3 is 2.42 bits per heavy atom. The van der Waals surface area contributed by atoms with Gasteiger partial charge >= 0.3 is 5.69 Å². The molecule has 19 heavy (non-hydrogen) atoms. The molecule has 2 N–H and O–H groups in total. The Bertz CT molecular complexity index is 419. The van der Waals surface area contributed by atoms with E-state index < -0.39 is 4.92 Å². The van der Waals surface area contributed by atoms with E-state index in [9.17, 15) is 10.1 Å².